The Bertz CT molecular complexity index is 719. The van der Waals surface area contributed by atoms with Crippen molar-refractivity contribution >= 4 is 21.8 Å². The van der Waals surface area contributed by atoms with E-state index in [2.05, 4.69) is 45.6 Å². The molecule has 1 amide bonds. The van der Waals surface area contributed by atoms with Gasteiger partial charge in [-0.05, 0) is 29.8 Å². The summed E-state index contributed by atoms with van der Waals surface area (Å²) < 4.78 is 11.6. The summed E-state index contributed by atoms with van der Waals surface area (Å²) in [4.78, 5) is 12.2. The fourth-order valence-corrected chi connectivity index (χ4v) is 3.03. The highest BCUT2D eigenvalue weighted by atomic mass is 79.9. The zero-order chi connectivity index (χ0) is 18.9. The fraction of sp³-hybridized carbons (Fsp3) is 0.350. The van der Waals surface area contributed by atoms with Gasteiger partial charge in [0.05, 0.1) is 14.2 Å². The normalized spacial score (nSPS) is 11.7. The van der Waals surface area contributed by atoms with Crippen LogP contribution < -0.4 is 20.1 Å². The minimum atomic E-state index is 0.00958. The highest BCUT2D eigenvalue weighted by molar-refractivity contribution is 9.10. The van der Waals surface area contributed by atoms with Crippen LogP contribution in [0.4, 0.5) is 0 Å². The van der Waals surface area contributed by atoms with Crippen molar-refractivity contribution in [3.05, 3.63) is 58.1 Å². The number of carbonyl (C=O) groups is 1. The number of amides is 1. The van der Waals surface area contributed by atoms with E-state index in [-0.39, 0.29) is 11.9 Å². The molecule has 2 aromatic carbocycles. The Labute approximate surface area is 163 Å². The molecule has 1 atom stereocenters. The molecule has 0 saturated carbocycles. The first kappa shape index (κ1) is 20.3. The van der Waals surface area contributed by atoms with E-state index in [4.69, 9.17) is 9.47 Å². The molecular weight excluding hydrogens is 396 g/mol. The maximum Gasteiger partial charge on any atom is 0.275 e. The van der Waals surface area contributed by atoms with Crippen LogP contribution >= 0.6 is 15.9 Å². The van der Waals surface area contributed by atoms with Crippen molar-refractivity contribution in [2.45, 2.75) is 25.9 Å². The summed E-state index contributed by atoms with van der Waals surface area (Å²) in [6.07, 6.45) is 0.963. The van der Waals surface area contributed by atoms with Gasteiger partial charge in [-0.1, -0.05) is 41.1 Å². The van der Waals surface area contributed by atoms with Crippen molar-refractivity contribution in [2.75, 3.05) is 20.8 Å². The molecule has 6 heteroatoms. The summed E-state index contributed by atoms with van der Waals surface area (Å²) in [5.74, 6) is 1.35. The molecule has 5 nitrogen and oxygen atoms in total. The molecule has 0 aliphatic carbocycles. The second-order valence-electron chi connectivity index (χ2n) is 5.97. The molecule has 0 radical (unpaired) electrons. The summed E-state index contributed by atoms with van der Waals surface area (Å²) in [7, 11) is 3.20. The molecular formula is C20H26BrN2O3+. The molecule has 0 spiro atoms. The number of rotatable bonds is 9. The molecule has 2 aromatic rings. The van der Waals surface area contributed by atoms with Crippen LogP contribution in [0.25, 0.3) is 0 Å². The number of halogens is 1. The van der Waals surface area contributed by atoms with E-state index in [1.807, 2.05) is 30.3 Å². The van der Waals surface area contributed by atoms with Crippen LogP contribution in [0, 0.1) is 0 Å². The van der Waals surface area contributed by atoms with E-state index in [9.17, 15) is 4.79 Å². The summed E-state index contributed by atoms with van der Waals surface area (Å²) >= 11 is 3.45. The lowest BCUT2D eigenvalue weighted by atomic mass is 10.0. The molecule has 3 N–H and O–H groups in total. The van der Waals surface area contributed by atoms with E-state index < -0.39 is 0 Å². The van der Waals surface area contributed by atoms with Crippen LogP contribution in [0.1, 0.15) is 30.5 Å². The van der Waals surface area contributed by atoms with Gasteiger partial charge in [-0.2, -0.15) is 0 Å². The van der Waals surface area contributed by atoms with Crippen LogP contribution in [0.5, 0.6) is 11.5 Å². The summed E-state index contributed by atoms with van der Waals surface area (Å²) in [6.45, 7) is 2.98. The third kappa shape index (κ3) is 5.75. The fourth-order valence-electron chi connectivity index (χ4n) is 2.76. The number of hydrogen-bond donors (Lipinski definition) is 2. The number of ether oxygens (including phenoxy) is 2. The highest BCUT2D eigenvalue weighted by Gasteiger charge is 2.14. The van der Waals surface area contributed by atoms with Crippen LogP contribution in [0.15, 0.2) is 46.9 Å². The van der Waals surface area contributed by atoms with Crippen LogP contribution in [-0.4, -0.2) is 26.7 Å². The van der Waals surface area contributed by atoms with Gasteiger partial charge in [-0.25, -0.2) is 0 Å². The quantitative estimate of drug-likeness (QED) is 0.654. The van der Waals surface area contributed by atoms with E-state index in [0.29, 0.717) is 24.6 Å². The number of benzene rings is 2. The van der Waals surface area contributed by atoms with Gasteiger partial charge < -0.3 is 20.1 Å². The van der Waals surface area contributed by atoms with Crippen molar-refractivity contribution in [3.63, 3.8) is 0 Å². The maximum atomic E-state index is 12.2. The number of hydrogen-bond acceptors (Lipinski definition) is 3. The Morgan fingerprint density at radius 3 is 2.42 bits per heavy atom. The predicted octanol–water partition coefficient (Wildman–Crippen LogP) is 2.80. The monoisotopic (exact) mass is 421 g/mol. The lowest BCUT2D eigenvalue weighted by Gasteiger charge is -2.14. The number of nitrogens with two attached hydrogens (primary N) is 1. The minimum Gasteiger partial charge on any atom is -0.493 e. The zero-order valence-corrected chi connectivity index (χ0v) is 17.0. The largest absolute Gasteiger partial charge is 0.493 e. The average Bonchev–Trinajstić information content (AvgIpc) is 2.67. The number of carbonyl (C=O) groups excluding carboxylic acids is 1. The van der Waals surface area contributed by atoms with Gasteiger partial charge in [-0.3, -0.25) is 4.79 Å². The molecule has 0 heterocycles. The van der Waals surface area contributed by atoms with Crippen LogP contribution in [-0.2, 0) is 11.3 Å². The van der Waals surface area contributed by atoms with Gasteiger partial charge in [0.15, 0.2) is 18.0 Å². The van der Waals surface area contributed by atoms with E-state index >= 15 is 0 Å². The summed E-state index contributed by atoms with van der Waals surface area (Å²) in [5, 5.41) is 5.03. The second-order valence-corrected chi connectivity index (χ2v) is 6.89. The third-order valence-corrected chi connectivity index (χ3v) is 4.79. The number of quaternary nitrogens is 1. The van der Waals surface area contributed by atoms with E-state index in [1.165, 1.54) is 5.56 Å². The maximum absolute atomic E-state index is 12.2. The second kappa shape index (κ2) is 10.2. The molecule has 0 fully saturated rings. The van der Waals surface area contributed by atoms with Gasteiger partial charge >= 0.3 is 0 Å². The molecule has 26 heavy (non-hydrogen) atoms. The first-order chi connectivity index (χ1) is 12.6. The molecule has 0 aliphatic rings. The van der Waals surface area contributed by atoms with Gasteiger partial charge in [0.2, 0.25) is 0 Å². The van der Waals surface area contributed by atoms with Gasteiger partial charge in [-0.15, -0.1) is 0 Å². The third-order valence-electron chi connectivity index (χ3n) is 4.26. The Balaban J connectivity index is 1.85. The van der Waals surface area contributed by atoms with Crippen molar-refractivity contribution < 1.29 is 19.6 Å². The average molecular weight is 422 g/mol. The van der Waals surface area contributed by atoms with Crippen LogP contribution in [0.3, 0.4) is 0 Å². The predicted molar refractivity (Wildman–Crippen MR) is 105 cm³/mol. The Hall–Kier alpha value is -2.05. The number of nitrogens with one attached hydrogen (secondary N) is 1. The van der Waals surface area contributed by atoms with Gasteiger partial charge in [0.1, 0.15) is 6.04 Å². The molecule has 2 rings (SSSR count). The van der Waals surface area contributed by atoms with Gasteiger partial charge in [0.25, 0.3) is 5.91 Å². The first-order valence-corrected chi connectivity index (χ1v) is 9.43. The molecule has 0 unspecified atom stereocenters. The standard InChI is InChI=1S/C20H25BrN2O3/c1-4-17(15-6-8-16(21)9-7-15)22-13-20(24)23-12-14-5-10-18(25-2)19(11-14)26-3/h5-11,17,22H,4,12-13H2,1-3H3,(H,23,24)/p+1/t17-/m0/s1. The Kier molecular flexibility index (Phi) is 7.94. The molecule has 140 valence electrons. The molecule has 0 saturated heterocycles. The summed E-state index contributed by atoms with van der Waals surface area (Å²) in [6, 6.07) is 14.2. The SMILES string of the molecule is CC[C@H]([NH2+]CC(=O)NCc1ccc(OC)c(OC)c1)c1ccc(Br)cc1. The molecule has 0 bridgehead atoms. The molecule has 0 aliphatic heterocycles. The Morgan fingerprint density at radius 2 is 1.81 bits per heavy atom. The van der Waals surface area contributed by atoms with Crippen LogP contribution in [0.2, 0.25) is 0 Å². The lowest BCUT2D eigenvalue weighted by molar-refractivity contribution is -0.686. The van der Waals surface area contributed by atoms with Crippen molar-refractivity contribution in [1.29, 1.82) is 0 Å². The summed E-state index contributed by atoms with van der Waals surface area (Å²) in [5.41, 5.74) is 2.19. The van der Waals surface area contributed by atoms with Crippen molar-refractivity contribution in [1.82, 2.24) is 5.32 Å². The topological polar surface area (TPSA) is 64.2 Å². The first-order valence-electron chi connectivity index (χ1n) is 8.63. The highest BCUT2D eigenvalue weighted by Crippen LogP contribution is 2.27. The van der Waals surface area contributed by atoms with Crippen molar-refractivity contribution in [3.8, 4) is 11.5 Å². The van der Waals surface area contributed by atoms with E-state index in [0.717, 1.165) is 16.5 Å². The smallest absolute Gasteiger partial charge is 0.275 e. The molecule has 0 aromatic heterocycles. The number of methoxy groups -OCH3 is 2. The van der Waals surface area contributed by atoms with Crippen molar-refractivity contribution in [2.24, 2.45) is 0 Å². The minimum absolute atomic E-state index is 0.00958. The lowest BCUT2D eigenvalue weighted by Crippen LogP contribution is -2.87. The van der Waals surface area contributed by atoms with Gasteiger partial charge in [0, 0.05) is 23.0 Å². The van der Waals surface area contributed by atoms with E-state index in [1.54, 1.807) is 14.2 Å². The Morgan fingerprint density at radius 1 is 1.12 bits per heavy atom. The zero-order valence-electron chi connectivity index (χ0n) is 15.4.